The molecule has 0 saturated carbocycles. The minimum absolute atomic E-state index is 0.215. The van der Waals surface area contributed by atoms with Gasteiger partial charge in [-0.25, -0.2) is 0 Å². The topological polar surface area (TPSA) is 55.1 Å². The SMILES string of the molecule is Cc1c(O)nc(-c2ccccc2)n(Cc2ccccc2)c1=O. The Kier molecular flexibility index (Phi) is 3.74. The van der Waals surface area contributed by atoms with Crippen LogP contribution in [0.1, 0.15) is 11.1 Å². The van der Waals surface area contributed by atoms with E-state index in [-0.39, 0.29) is 17.0 Å². The summed E-state index contributed by atoms with van der Waals surface area (Å²) in [5, 5.41) is 9.91. The van der Waals surface area contributed by atoms with Crippen molar-refractivity contribution in [1.29, 1.82) is 0 Å². The third-order valence-corrected chi connectivity index (χ3v) is 3.58. The summed E-state index contributed by atoms with van der Waals surface area (Å²) in [4.78, 5) is 16.8. The normalized spacial score (nSPS) is 10.6. The summed E-state index contributed by atoms with van der Waals surface area (Å²) in [5.74, 6) is 0.255. The second-order valence-electron chi connectivity index (χ2n) is 5.13. The Labute approximate surface area is 128 Å². The number of hydrogen-bond acceptors (Lipinski definition) is 3. The van der Waals surface area contributed by atoms with Crippen molar-refractivity contribution in [3.8, 4) is 17.3 Å². The number of benzene rings is 2. The first-order valence-electron chi connectivity index (χ1n) is 7.06. The second kappa shape index (κ2) is 5.85. The van der Waals surface area contributed by atoms with Crippen LogP contribution in [0.25, 0.3) is 11.4 Å². The van der Waals surface area contributed by atoms with Crippen LogP contribution < -0.4 is 5.56 Å². The summed E-state index contributed by atoms with van der Waals surface area (Å²) in [7, 11) is 0. The van der Waals surface area contributed by atoms with Crippen LogP contribution in [0.3, 0.4) is 0 Å². The Morgan fingerprint density at radius 3 is 2.23 bits per heavy atom. The van der Waals surface area contributed by atoms with Gasteiger partial charge in [0.1, 0.15) is 5.82 Å². The molecule has 1 N–H and O–H groups in total. The summed E-state index contributed by atoms with van der Waals surface area (Å²) in [5.41, 5.74) is 1.84. The van der Waals surface area contributed by atoms with Gasteiger partial charge in [-0.3, -0.25) is 9.36 Å². The fraction of sp³-hybridized carbons (Fsp3) is 0.111. The van der Waals surface area contributed by atoms with Crippen LogP contribution in [0.15, 0.2) is 65.5 Å². The zero-order valence-electron chi connectivity index (χ0n) is 12.2. The molecule has 0 radical (unpaired) electrons. The number of nitrogens with zero attached hydrogens (tertiary/aromatic N) is 2. The molecule has 1 aromatic heterocycles. The van der Waals surface area contributed by atoms with Gasteiger partial charge in [-0.1, -0.05) is 60.7 Å². The minimum atomic E-state index is -0.227. The molecule has 22 heavy (non-hydrogen) atoms. The summed E-state index contributed by atoms with van der Waals surface area (Å²) in [6, 6.07) is 19.1. The maximum absolute atomic E-state index is 12.6. The fourth-order valence-electron chi connectivity index (χ4n) is 2.36. The van der Waals surface area contributed by atoms with Gasteiger partial charge in [0.25, 0.3) is 5.56 Å². The Morgan fingerprint density at radius 2 is 1.59 bits per heavy atom. The number of hydrogen-bond donors (Lipinski definition) is 1. The third kappa shape index (κ3) is 2.63. The summed E-state index contributed by atoms with van der Waals surface area (Å²) in [6.07, 6.45) is 0. The van der Waals surface area contributed by atoms with Crippen LogP contribution in [0, 0.1) is 6.92 Å². The van der Waals surface area contributed by atoms with Crippen LogP contribution in [0.5, 0.6) is 5.88 Å². The maximum atomic E-state index is 12.6. The van der Waals surface area contributed by atoms with Crippen LogP contribution in [-0.2, 0) is 6.54 Å². The van der Waals surface area contributed by atoms with E-state index in [1.54, 1.807) is 11.5 Å². The first kappa shape index (κ1) is 14.1. The van der Waals surface area contributed by atoms with Crippen LogP contribution in [-0.4, -0.2) is 14.7 Å². The molecule has 0 bridgehead atoms. The lowest BCUT2D eigenvalue weighted by Crippen LogP contribution is -2.25. The van der Waals surface area contributed by atoms with Crippen molar-refractivity contribution in [2.75, 3.05) is 0 Å². The smallest absolute Gasteiger partial charge is 0.260 e. The molecule has 0 unspecified atom stereocenters. The Balaban J connectivity index is 2.19. The molecule has 110 valence electrons. The molecule has 0 aliphatic rings. The number of aromatic nitrogens is 2. The average Bonchev–Trinajstić information content (AvgIpc) is 2.57. The largest absolute Gasteiger partial charge is 0.493 e. The standard InChI is InChI=1S/C18H16N2O2/c1-13-17(21)19-16(15-10-6-3-7-11-15)20(18(13)22)12-14-8-4-2-5-9-14/h2-11,21H,12H2,1H3. The van der Waals surface area contributed by atoms with Crippen molar-refractivity contribution in [3.05, 3.63) is 82.1 Å². The van der Waals surface area contributed by atoms with Crippen molar-refractivity contribution in [3.63, 3.8) is 0 Å². The lowest BCUT2D eigenvalue weighted by molar-refractivity contribution is 0.443. The van der Waals surface area contributed by atoms with E-state index in [1.807, 2.05) is 60.7 Å². The molecule has 4 heteroatoms. The van der Waals surface area contributed by atoms with Crippen molar-refractivity contribution in [1.82, 2.24) is 9.55 Å². The second-order valence-corrected chi connectivity index (χ2v) is 5.13. The Bertz CT molecular complexity index is 840. The molecule has 0 aliphatic carbocycles. The minimum Gasteiger partial charge on any atom is -0.493 e. The van der Waals surface area contributed by atoms with E-state index in [9.17, 15) is 9.90 Å². The van der Waals surface area contributed by atoms with Crippen LogP contribution in [0.4, 0.5) is 0 Å². The highest BCUT2D eigenvalue weighted by Gasteiger charge is 2.14. The quantitative estimate of drug-likeness (QED) is 0.807. The number of aromatic hydroxyl groups is 1. The first-order valence-corrected chi connectivity index (χ1v) is 7.06. The van der Waals surface area contributed by atoms with E-state index in [0.29, 0.717) is 12.4 Å². The van der Waals surface area contributed by atoms with Gasteiger partial charge in [-0.05, 0) is 12.5 Å². The molecule has 4 nitrogen and oxygen atoms in total. The average molecular weight is 292 g/mol. The van der Waals surface area contributed by atoms with Crippen LogP contribution in [0.2, 0.25) is 0 Å². The van der Waals surface area contributed by atoms with E-state index in [4.69, 9.17) is 0 Å². The highest BCUT2D eigenvalue weighted by atomic mass is 16.3. The first-order chi connectivity index (χ1) is 10.7. The summed E-state index contributed by atoms with van der Waals surface area (Å²) in [6.45, 7) is 2.00. The van der Waals surface area contributed by atoms with Gasteiger partial charge < -0.3 is 5.11 Å². The zero-order chi connectivity index (χ0) is 15.5. The van der Waals surface area contributed by atoms with Gasteiger partial charge in [0, 0.05) is 5.56 Å². The van der Waals surface area contributed by atoms with Gasteiger partial charge in [-0.15, -0.1) is 0 Å². The van der Waals surface area contributed by atoms with Gasteiger partial charge in [0.2, 0.25) is 5.88 Å². The van der Waals surface area contributed by atoms with Gasteiger partial charge in [0.15, 0.2) is 0 Å². The van der Waals surface area contributed by atoms with Crippen molar-refractivity contribution in [2.45, 2.75) is 13.5 Å². The molecule has 0 aliphatic heterocycles. The van der Waals surface area contributed by atoms with Gasteiger partial charge >= 0.3 is 0 Å². The molecule has 1 heterocycles. The molecule has 0 amide bonds. The fourth-order valence-corrected chi connectivity index (χ4v) is 2.36. The lowest BCUT2D eigenvalue weighted by Gasteiger charge is -2.14. The molecule has 2 aromatic carbocycles. The molecular weight excluding hydrogens is 276 g/mol. The van der Waals surface area contributed by atoms with E-state index in [0.717, 1.165) is 11.1 Å². The molecule has 3 rings (SSSR count). The Morgan fingerprint density at radius 1 is 1.00 bits per heavy atom. The predicted octanol–water partition coefficient (Wildman–Crippen LogP) is 2.97. The number of rotatable bonds is 3. The maximum Gasteiger partial charge on any atom is 0.260 e. The van der Waals surface area contributed by atoms with E-state index < -0.39 is 0 Å². The van der Waals surface area contributed by atoms with E-state index >= 15 is 0 Å². The van der Waals surface area contributed by atoms with Crippen molar-refractivity contribution < 1.29 is 5.11 Å². The van der Waals surface area contributed by atoms with Crippen LogP contribution >= 0.6 is 0 Å². The Hall–Kier alpha value is -2.88. The molecule has 3 aromatic rings. The lowest BCUT2D eigenvalue weighted by atomic mass is 10.1. The van der Waals surface area contributed by atoms with Crippen molar-refractivity contribution in [2.24, 2.45) is 0 Å². The van der Waals surface area contributed by atoms with Gasteiger partial charge in [0.05, 0.1) is 12.1 Å². The monoisotopic (exact) mass is 292 g/mol. The molecule has 0 atom stereocenters. The molecular formula is C18H16N2O2. The predicted molar refractivity (Wildman–Crippen MR) is 85.9 cm³/mol. The zero-order valence-corrected chi connectivity index (χ0v) is 12.2. The molecule has 0 saturated heterocycles. The van der Waals surface area contributed by atoms with Gasteiger partial charge in [-0.2, -0.15) is 4.98 Å². The molecule has 0 spiro atoms. The highest BCUT2D eigenvalue weighted by Crippen LogP contribution is 2.20. The summed E-state index contributed by atoms with van der Waals surface area (Å²) < 4.78 is 1.60. The molecule has 0 fully saturated rings. The summed E-state index contributed by atoms with van der Waals surface area (Å²) >= 11 is 0. The van der Waals surface area contributed by atoms with E-state index in [1.165, 1.54) is 0 Å². The van der Waals surface area contributed by atoms with E-state index in [2.05, 4.69) is 4.98 Å². The third-order valence-electron chi connectivity index (χ3n) is 3.58. The van der Waals surface area contributed by atoms with Crippen molar-refractivity contribution >= 4 is 0 Å². The highest BCUT2D eigenvalue weighted by molar-refractivity contribution is 5.56.